The Morgan fingerprint density at radius 2 is 1.72 bits per heavy atom. The van der Waals surface area contributed by atoms with Gasteiger partial charge in [-0.1, -0.05) is 37.3 Å². The molecule has 0 aliphatic rings. The summed E-state index contributed by atoms with van der Waals surface area (Å²) in [5.74, 6) is -0.0957. The van der Waals surface area contributed by atoms with Gasteiger partial charge >= 0.3 is 0 Å². The first-order chi connectivity index (χ1) is 12.0. The first kappa shape index (κ1) is 18.7. The van der Waals surface area contributed by atoms with Gasteiger partial charge in [-0.3, -0.25) is 9.59 Å². The maximum atomic E-state index is 12.3. The van der Waals surface area contributed by atoms with E-state index in [1.807, 2.05) is 43.4 Å². The highest BCUT2D eigenvalue weighted by Gasteiger charge is 2.12. The monoisotopic (exact) mass is 340 g/mol. The number of likely N-dealkylation sites (N-methyl/N-ethyl adjacent to an activating group) is 1. The molecule has 2 aromatic rings. The van der Waals surface area contributed by atoms with Crippen LogP contribution in [-0.4, -0.2) is 32.5 Å². The first-order valence-electron chi connectivity index (χ1n) is 8.53. The summed E-state index contributed by atoms with van der Waals surface area (Å²) in [5.41, 5.74) is 3.75. The van der Waals surface area contributed by atoms with E-state index in [1.54, 1.807) is 19.2 Å². The summed E-state index contributed by atoms with van der Waals surface area (Å²) in [5, 5.41) is 5.60. The SMILES string of the molecule is CCc1ccccc1NC(=O)C[NH+](C)Cc1ccc(C(=O)NC)cc1. The van der Waals surface area contributed by atoms with Crippen molar-refractivity contribution in [3.8, 4) is 0 Å². The number of carbonyl (C=O) groups excluding carboxylic acids is 2. The van der Waals surface area contributed by atoms with Crippen molar-refractivity contribution in [2.24, 2.45) is 0 Å². The zero-order valence-corrected chi connectivity index (χ0v) is 15.1. The van der Waals surface area contributed by atoms with Crippen molar-refractivity contribution in [2.45, 2.75) is 19.9 Å². The van der Waals surface area contributed by atoms with E-state index in [1.165, 1.54) is 0 Å². The van der Waals surface area contributed by atoms with Crippen LogP contribution in [0.25, 0.3) is 0 Å². The van der Waals surface area contributed by atoms with Crippen LogP contribution in [0, 0.1) is 0 Å². The predicted octanol–water partition coefficient (Wildman–Crippen LogP) is 1.26. The van der Waals surface area contributed by atoms with Gasteiger partial charge in [-0.15, -0.1) is 0 Å². The second-order valence-corrected chi connectivity index (χ2v) is 6.15. The number of hydrogen-bond donors (Lipinski definition) is 3. The third kappa shape index (κ3) is 5.43. The van der Waals surface area contributed by atoms with E-state index in [9.17, 15) is 9.59 Å². The zero-order chi connectivity index (χ0) is 18.2. The Labute approximate surface area is 149 Å². The van der Waals surface area contributed by atoms with Crippen molar-refractivity contribution in [1.82, 2.24) is 5.32 Å². The molecule has 0 aliphatic heterocycles. The standard InChI is InChI=1S/C20H25N3O2/c1-4-16-7-5-6-8-18(16)22-19(24)14-23(3)13-15-9-11-17(12-10-15)20(25)21-2/h5-12H,4,13-14H2,1-3H3,(H,21,25)(H,22,24)/p+1. The van der Waals surface area contributed by atoms with Gasteiger partial charge in [0.2, 0.25) is 0 Å². The Balaban J connectivity index is 1.90. The predicted molar refractivity (Wildman–Crippen MR) is 99.7 cm³/mol. The molecule has 3 N–H and O–H groups in total. The summed E-state index contributed by atoms with van der Waals surface area (Å²) in [4.78, 5) is 24.9. The van der Waals surface area contributed by atoms with Crippen LogP contribution in [0.3, 0.4) is 0 Å². The Morgan fingerprint density at radius 1 is 1.04 bits per heavy atom. The minimum atomic E-state index is -0.0961. The van der Waals surface area contributed by atoms with Crippen LogP contribution < -0.4 is 15.5 Å². The van der Waals surface area contributed by atoms with Crippen LogP contribution in [0.1, 0.15) is 28.4 Å². The van der Waals surface area contributed by atoms with Gasteiger partial charge in [0.1, 0.15) is 6.54 Å². The summed E-state index contributed by atoms with van der Waals surface area (Å²) in [6.45, 7) is 3.18. The van der Waals surface area contributed by atoms with Crippen molar-refractivity contribution in [2.75, 3.05) is 26.0 Å². The summed E-state index contributed by atoms with van der Waals surface area (Å²) in [7, 11) is 3.60. The number of rotatable bonds is 7. The number of hydrogen-bond acceptors (Lipinski definition) is 2. The summed E-state index contributed by atoms with van der Waals surface area (Å²) < 4.78 is 0. The minimum absolute atomic E-state index is 0.000353. The molecule has 0 bridgehead atoms. The lowest BCUT2D eigenvalue weighted by Crippen LogP contribution is -3.08. The van der Waals surface area contributed by atoms with Crippen LogP contribution >= 0.6 is 0 Å². The zero-order valence-electron chi connectivity index (χ0n) is 15.1. The molecule has 0 spiro atoms. The van der Waals surface area contributed by atoms with Crippen LogP contribution in [0.4, 0.5) is 5.69 Å². The fourth-order valence-corrected chi connectivity index (χ4v) is 2.75. The van der Waals surface area contributed by atoms with E-state index in [-0.39, 0.29) is 11.8 Å². The van der Waals surface area contributed by atoms with Crippen LogP contribution in [0.15, 0.2) is 48.5 Å². The maximum absolute atomic E-state index is 12.3. The van der Waals surface area contributed by atoms with E-state index in [4.69, 9.17) is 0 Å². The molecule has 2 rings (SSSR count). The summed E-state index contributed by atoms with van der Waals surface area (Å²) in [6, 6.07) is 15.3. The molecule has 2 aromatic carbocycles. The van der Waals surface area contributed by atoms with Crippen molar-refractivity contribution in [1.29, 1.82) is 0 Å². The van der Waals surface area contributed by atoms with E-state index in [2.05, 4.69) is 17.6 Å². The molecule has 132 valence electrons. The molecular weight excluding hydrogens is 314 g/mol. The van der Waals surface area contributed by atoms with Crippen molar-refractivity contribution < 1.29 is 14.5 Å². The largest absolute Gasteiger partial charge is 0.355 e. The van der Waals surface area contributed by atoms with E-state index < -0.39 is 0 Å². The average Bonchev–Trinajstić information content (AvgIpc) is 2.62. The molecule has 0 radical (unpaired) electrons. The highest BCUT2D eigenvalue weighted by Crippen LogP contribution is 2.14. The lowest BCUT2D eigenvalue weighted by atomic mass is 10.1. The quantitative estimate of drug-likeness (QED) is 0.711. The van der Waals surface area contributed by atoms with Crippen LogP contribution in [0.5, 0.6) is 0 Å². The van der Waals surface area contributed by atoms with Gasteiger partial charge in [-0.2, -0.15) is 0 Å². The van der Waals surface area contributed by atoms with Crippen molar-refractivity contribution in [3.63, 3.8) is 0 Å². The second-order valence-electron chi connectivity index (χ2n) is 6.15. The van der Waals surface area contributed by atoms with Gasteiger partial charge in [-0.25, -0.2) is 0 Å². The molecule has 0 aromatic heterocycles. The number of anilines is 1. The number of quaternary nitrogens is 1. The molecule has 0 fully saturated rings. The van der Waals surface area contributed by atoms with Crippen LogP contribution in [0.2, 0.25) is 0 Å². The topological polar surface area (TPSA) is 62.6 Å². The van der Waals surface area contributed by atoms with Gasteiger partial charge in [0, 0.05) is 23.9 Å². The molecular formula is C20H26N3O2+. The minimum Gasteiger partial charge on any atom is -0.355 e. The smallest absolute Gasteiger partial charge is 0.279 e. The molecule has 0 saturated heterocycles. The van der Waals surface area contributed by atoms with Gasteiger partial charge in [-0.05, 0) is 30.2 Å². The van der Waals surface area contributed by atoms with Gasteiger partial charge in [0.25, 0.3) is 11.8 Å². The van der Waals surface area contributed by atoms with E-state index >= 15 is 0 Å². The van der Waals surface area contributed by atoms with Crippen molar-refractivity contribution in [3.05, 3.63) is 65.2 Å². The number of benzene rings is 2. The lowest BCUT2D eigenvalue weighted by molar-refractivity contribution is -0.885. The highest BCUT2D eigenvalue weighted by molar-refractivity contribution is 5.94. The third-order valence-corrected chi connectivity index (χ3v) is 4.08. The fourth-order valence-electron chi connectivity index (χ4n) is 2.75. The molecule has 25 heavy (non-hydrogen) atoms. The highest BCUT2D eigenvalue weighted by atomic mass is 16.2. The van der Waals surface area contributed by atoms with E-state index in [0.29, 0.717) is 12.1 Å². The molecule has 2 amide bonds. The van der Waals surface area contributed by atoms with Gasteiger partial charge in [0.05, 0.1) is 7.05 Å². The molecule has 0 heterocycles. The van der Waals surface area contributed by atoms with Gasteiger partial charge in [0.15, 0.2) is 6.54 Å². The number of carbonyl (C=O) groups is 2. The van der Waals surface area contributed by atoms with Crippen molar-refractivity contribution >= 4 is 17.5 Å². The second kappa shape index (κ2) is 8.99. The number of para-hydroxylation sites is 1. The lowest BCUT2D eigenvalue weighted by Gasteiger charge is -2.15. The molecule has 1 unspecified atom stereocenters. The van der Waals surface area contributed by atoms with Crippen LogP contribution in [-0.2, 0) is 17.8 Å². The Kier molecular flexibility index (Phi) is 6.71. The molecule has 5 nitrogen and oxygen atoms in total. The molecule has 1 atom stereocenters. The number of nitrogens with one attached hydrogen (secondary N) is 3. The Morgan fingerprint density at radius 3 is 2.36 bits per heavy atom. The Hall–Kier alpha value is -2.66. The molecule has 5 heteroatoms. The fraction of sp³-hybridized carbons (Fsp3) is 0.300. The first-order valence-corrected chi connectivity index (χ1v) is 8.53. The summed E-state index contributed by atoms with van der Waals surface area (Å²) >= 11 is 0. The third-order valence-electron chi connectivity index (χ3n) is 4.08. The summed E-state index contributed by atoms with van der Waals surface area (Å²) in [6.07, 6.45) is 0.886. The maximum Gasteiger partial charge on any atom is 0.279 e. The molecule has 0 aliphatic carbocycles. The van der Waals surface area contributed by atoms with E-state index in [0.717, 1.165) is 34.7 Å². The average molecular weight is 340 g/mol. The van der Waals surface area contributed by atoms with Gasteiger partial charge < -0.3 is 15.5 Å². The molecule has 0 saturated carbocycles. The normalized spacial score (nSPS) is 11.6. The number of amides is 2. The Bertz CT molecular complexity index is 726. The number of aryl methyl sites for hydroxylation is 1.